The van der Waals surface area contributed by atoms with Crippen molar-refractivity contribution in [1.82, 2.24) is 15.2 Å². The molecule has 0 rings (SSSR count). The highest BCUT2D eigenvalue weighted by atomic mass is 28.4. The van der Waals surface area contributed by atoms with Gasteiger partial charge in [0.2, 0.25) is 0 Å². The van der Waals surface area contributed by atoms with E-state index in [2.05, 4.69) is 68.8 Å². The highest BCUT2D eigenvalue weighted by Gasteiger charge is 2.29. The van der Waals surface area contributed by atoms with Gasteiger partial charge >= 0.3 is 0 Å². The molecule has 0 aromatic rings. The molecule has 0 aromatic heterocycles. The average Bonchev–Trinajstić information content (AvgIpc) is 2.78. The third-order valence-corrected chi connectivity index (χ3v) is 11.1. The molecule has 0 bridgehead atoms. The Morgan fingerprint density at radius 2 is 1.52 bits per heavy atom. The summed E-state index contributed by atoms with van der Waals surface area (Å²) < 4.78 is 12.1. The summed E-state index contributed by atoms with van der Waals surface area (Å²) in [6, 6.07) is 1.06. The van der Waals surface area contributed by atoms with Gasteiger partial charge in [-0.25, -0.2) is 4.59 Å². The first-order valence-corrected chi connectivity index (χ1v) is 21.2. The minimum atomic E-state index is -1.63. The first kappa shape index (κ1) is 49.3. The molecule has 0 aliphatic carbocycles. The van der Waals surface area contributed by atoms with E-state index in [0.29, 0.717) is 19.6 Å². The standard InChI is InChI=1S/C20H47N3O4Si2.C3H9N.C2H8N2.C2H6.CH4/c1-10-22(11-2)14-13-20(25)21-23(3,4)17-19(24)18-26-15-12-16-29(8,9)27-28(5,6)7;1-3-4-2;1-4(2)3;1-2;/h19,24H,10-18H2,1-9H3;4H,3H2,1-2H3;3H2,1-2H3;1-2H3;1H4. The normalized spacial score (nSPS) is 12.8. The number of nitrogens with two attached hydrogens (primary N) is 1. The van der Waals surface area contributed by atoms with E-state index in [0.717, 1.165) is 38.6 Å². The third-order valence-electron chi connectivity index (χ3n) is 4.89. The van der Waals surface area contributed by atoms with Gasteiger partial charge in [0.1, 0.15) is 12.6 Å². The summed E-state index contributed by atoms with van der Waals surface area (Å²) in [5, 5.41) is 31.1. The van der Waals surface area contributed by atoms with Crippen LogP contribution < -0.4 is 16.3 Å². The maximum Gasteiger partial charge on any atom is 0.173 e. The topological polar surface area (TPSA) is 119 Å². The van der Waals surface area contributed by atoms with Gasteiger partial charge in [-0.1, -0.05) is 42.0 Å². The van der Waals surface area contributed by atoms with Crippen LogP contribution in [0, 0.1) is 0 Å². The molecule has 0 aliphatic rings. The molecule has 248 valence electrons. The van der Waals surface area contributed by atoms with Crippen LogP contribution in [0.5, 0.6) is 0 Å². The van der Waals surface area contributed by atoms with E-state index in [4.69, 9.17) is 14.7 Å². The SMILES string of the molecule is C.CC.CCN(CC)CCC([O-])=N[N+](C)(C)CC(O)COCCC[Si](C)(C)O[Si](C)(C)C.CCNC.CN(C)N. The number of hydrogen-bond acceptors (Lipinski definition) is 9. The maximum absolute atomic E-state index is 12.1. The van der Waals surface area contributed by atoms with Crippen molar-refractivity contribution in [3.63, 3.8) is 0 Å². The lowest BCUT2D eigenvalue weighted by molar-refractivity contribution is -0.901. The Balaban J connectivity index is -0.000000319. The molecule has 0 radical (unpaired) electrons. The summed E-state index contributed by atoms with van der Waals surface area (Å²) in [7, 11) is 6.02. The van der Waals surface area contributed by atoms with Crippen molar-refractivity contribution in [3.8, 4) is 0 Å². The van der Waals surface area contributed by atoms with Gasteiger partial charge in [-0.3, -0.25) is 10.9 Å². The molecule has 1 unspecified atom stereocenters. The van der Waals surface area contributed by atoms with E-state index in [-0.39, 0.29) is 24.5 Å². The smallest absolute Gasteiger partial charge is 0.173 e. The van der Waals surface area contributed by atoms with Crippen molar-refractivity contribution in [2.45, 2.75) is 99.8 Å². The van der Waals surface area contributed by atoms with Gasteiger partial charge in [0.25, 0.3) is 0 Å². The van der Waals surface area contributed by atoms with Gasteiger partial charge < -0.3 is 29.3 Å². The van der Waals surface area contributed by atoms with E-state index < -0.39 is 22.7 Å². The summed E-state index contributed by atoms with van der Waals surface area (Å²) >= 11 is 0. The quantitative estimate of drug-likeness (QED) is 0.0433. The van der Waals surface area contributed by atoms with Crippen molar-refractivity contribution in [2.75, 3.05) is 81.2 Å². The van der Waals surface area contributed by atoms with Crippen LogP contribution in [0.4, 0.5) is 0 Å². The molecule has 0 aliphatic heterocycles. The summed E-state index contributed by atoms with van der Waals surface area (Å²) in [4.78, 5) is 2.20. The largest absolute Gasteiger partial charge is 0.858 e. The highest BCUT2D eigenvalue weighted by Crippen LogP contribution is 2.19. The predicted octanol–water partition coefficient (Wildman–Crippen LogP) is 3.60. The van der Waals surface area contributed by atoms with Crippen molar-refractivity contribution in [3.05, 3.63) is 0 Å². The van der Waals surface area contributed by atoms with Crippen molar-refractivity contribution in [2.24, 2.45) is 10.9 Å². The molecule has 0 spiro atoms. The fourth-order valence-corrected chi connectivity index (χ4v) is 11.5. The van der Waals surface area contributed by atoms with Crippen molar-refractivity contribution >= 4 is 22.5 Å². The fraction of sp³-hybridized carbons (Fsp3) is 0.964. The fourth-order valence-electron chi connectivity index (χ4n) is 3.45. The molecule has 0 saturated carbocycles. The Kier molecular flexibility index (Phi) is 35.3. The van der Waals surface area contributed by atoms with Gasteiger partial charge in [-0.15, -0.1) is 5.10 Å². The van der Waals surface area contributed by atoms with E-state index in [1.54, 1.807) is 14.1 Å². The number of nitrogens with zero attached hydrogens (tertiary/aromatic N) is 4. The monoisotopic (exact) mass is 615 g/mol. The van der Waals surface area contributed by atoms with E-state index in [1.165, 1.54) is 5.01 Å². The molecule has 40 heavy (non-hydrogen) atoms. The lowest BCUT2D eigenvalue weighted by atomic mass is 10.3. The lowest BCUT2D eigenvalue weighted by Crippen LogP contribution is -2.44. The van der Waals surface area contributed by atoms with Gasteiger partial charge in [0.15, 0.2) is 16.6 Å². The number of rotatable bonds is 17. The van der Waals surface area contributed by atoms with Crippen LogP contribution in [0.1, 0.15) is 54.9 Å². The van der Waals surface area contributed by atoms with Gasteiger partial charge in [-0.2, -0.15) is 0 Å². The maximum atomic E-state index is 12.1. The van der Waals surface area contributed by atoms with Crippen LogP contribution in [0.3, 0.4) is 0 Å². The minimum absolute atomic E-state index is 0. The summed E-state index contributed by atoms with van der Waals surface area (Å²) in [6.07, 6.45) is 0.714. The predicted molar refractivity (Wildman–Crippen MR) is 181 cm³/mol. The molecule has 0 amide bonds. The number of aliphatic hydroxyl groups is 1. The number of nitrogens with one attached hydrogen (secondary N) is 1. The molecule has 12 heteroatoms. The first-order chi connectivity index (χ1) is 17.8. The zero-order valence-corrected chi connectivity index (χ0v) is 30.7. The molecule has 0 saturated heterocycles. The second kappa shape index (κ2) is 28.7. The Morgan fingerprint density at radius 3 is 1.90 bits per heavy atom. The van der Waals surface area contributed by atoms with Gasteiger partial charge in [-0.05, 0) is 78.3 Å². The van der Waals surface area contributed by atoms with E-state index in [1.807, 2.05) is 35.0 Å². The molecule has 0 fully saturated rings. The summed E-state index contributed by atoms with van der Waals surface area (Å²) in [6.45, 7) is 26.4. The van der Waals surface area contributed by atoms with E-state index in [9.17, 15) is 10.2 Å². The number of quaternary nitrogens is 1. The number of hydrogen-bond donors (Lipinski definition) is 3. The highest BCUT2D eigenvalue weighted by molar-refractivity contribution is 6.84. The Bertz CT molecular complexity index is 555. The molecule has 4 N–H and O–H groups in total. The van der Waals surface area contributed by atoms with Crippen LogP contribution >= 0.6 is 0 Å². The summed E-state index contributed by atoms with van der Waals surface area (Å²) in [5.41, 5.74) is 0. The van der Waals surface area contributed by atoms with Crippen LogP contribution in [0.2, 0.25) is 38.8 Å². The number of aliphatic hydroxyl groups excluding tert-OH is 1. The molecular weight excluding hydrogens is 541 g/mol. The van der Waals surface area contributed by atoms with E-state index >= 15 is 0 Å². The average molecular weight is 615 g/mol. The van der Waals surface area contributed by atoms with Crippen LogP contribution in [0.15, 0.2) is 5.10 Å². The third kappa shape index (κ3) is 42.1. The lowest BCUT2D eigenvalue weighted by Gasteiger charge is -2.31. The second-order valence-electron chi connectivity index (χ2n) is 11.6. The number of likely N-dealkylation sites (N-methyl/N-ethyl adjacent to an activating group) is 1. The molecule has 10 nitrogen and oxygen atoms in total. The zero-order valence-electron chi connectivity index (χ0n) is 28.7. The molecular formula is C28H74N6O4Si2. The van der Waals surface area contributed by atoms with Gasteiger partial charge in [0.05, 0.1) is 20.7 Å². The van der Waals surface area contributed by atoms with Crippen molar-refractivity contribution < 1.29 is 23.7 Å². The van der Waals surface area contributed by atoms with Crippen LogP contribution in [0.25, 0.3) is 0 Å². The van der Waals surface area contributed by atoms with Crippen LogP contribution in [-0.4, -0.2) is 129 Å². The Labute approximate surface area is 253 Å². The molecule has 1 atom stereocenters. The second-order valence-corrected chi connectivity index (χ2v) is 20.6. The zero-order chi connectivity index (χ0) is 31.7. The van der Waals surface area contributed by atoms with Gasteiger partial charge in [0, 0.05) is 33.1 Å². The van der Waals surface area contributed by atoms with Crippen molar-refractivity contribution in [1.29, 1.82) is 0 Å². The van der Waals surface area contributed by atoms with Crippen LogP contribution in [-0.2, 0) is 8.85 Å². The Hall–Kier alpha value is -0.416. The number of hydrazine groups is 1. The number of ether oxygens (including phenoxy) is 1. The first-order valence-electron chi connectivity index (χ1n) is 14.7. The molecule has 0 heterocycles. The molecule has 0 aromatic carbocycles. The summed E-state index contributed by atoms with van der Waals surface area (Å²) in [5.74, 6) is 4.82. The minimum Gasteiger partial charge on any atom is -0.858 e. The Morgan fingerprint density at radius 1 is 1.07 bits per heavy atom.